The van der Waals surface area contributed by atoms with Crippen molar-refractivity contribution in [3.63, 3.8) is 0 Å². The molecule has 0 aliphatic heterocycles. The van der Waals surface area contributed by atoms with Crippen molar-refractivity contribution < 1.29 is 0 Å². The average Bonchev–Trinajstić information content (AvgIpc) is 2.26. The van der Waals surface area contributed by atoms with Crippen LogP contribution in [0.4, 0.5) is 0 Å². The molecular formula is C16H35N. The van der Waals surface area contributed by atoms with Crippen molar-refractivity contribution in [3.8, 4) is 0 Å². The first-order valence-electron chi connectivity index (χ1n) is 7.65. The lowest BCUT2D eigenvalue weighted by molar-refractivity contribution is 0.255. The van der Waals surface area contributed by atoms with E-state index in [0.717, 1.165) is 23.7 Å². The number of hydrogen-bond donors (Lipinski definition) is 1. The second-order valence-corrected chi connectivity index (χ2v) is 6.41. The molecule has 0 rings (SSSR count). The molecule has 1 heteroatoms. The third-order valence-corrected chi connectivity index (χ3v) is 4.23. The van der Waals surface area contributed by atoms with Gasteiger partial charge in [-0.15, -0.1) is 0 Å². The Bertz CT molecular complexity index is 166. The molecule has 2 atom stereocenters. The van der Waals surface area contributed by atoms with Crippen LogP contribution >= 0.6 is 0 Å². The van der Waals surface area contributed by atoms with Gasteiger partial charge in [0, 0.05) is 6.04 Å². The Morgan fingerprint density at radius 2 is 1.35 bits per heavy atom. The van der Waals surface area contributed by atoms with Crippen LogP contribution < -0.4 is 5.32 Å². The van der Waals surface area contributed by atoms with Gasteiger partial charge in [-0.1, -0.05) is 54.9 Å². The summed E-state index contributed by atoms with van der Waals surface area (Å²) in [6.07, 6.45) is 3.89. The Morgan fingerprint density at radius 3 is 1.71 bits per heavy atom. The van der Waals surface area contributed by atoms with Crippen molar-refractivity contribution in [1.29, 1.82) is 0 Å². The zero-order valence-corrected chi connectivity index (χ0v) is 13.2. The van der Waals surface area contributed by atoms with Crippen LogP contribution in [0, 0.1) is 23.7 Å². The van der Waals surface area contributed by atoms with Gasteiger partial charge in [-0.05, 0) is 43.1 Å². The van der Waals surface area contributed by atoms with Crippen LogP contribution in [0.5, 0.6) is 0 Å². The van der Waals surface area contributed by atoms with E-state index in [1.807, 2.05) is 0 Å². The van der Waals surface area contributed by atoms with Gasteiger partial charge in [-0.3, -0.25) is 0 Å². The van der Waals surface area contributed by atoms with Crippen LogP contribution in [0.2, 0.25) is 0 Å². The Labute approximate surface area is 110 Å². The van der Waals surface area contributed by atoms with Gasteiger partial charge in [0.25, 0.3) is 0 Å². The molecule has 17 heavy (non-hydrogen) atoms. The highest BCUT2D eigenvalue weighted by Gasteiger charge is 2.19. The lowest BCUT2D eigenvalue weighted by Gasteiger charge is -2.28. The molecule has 0 aliphatic carbocycles. The molecule has 0 saturated carbocycles. The zero-order valence-electron chi connectivity index (χ0n) is 13.2. The van der Waals surface area contributed by atoms with E-state index >= 15 is 0 Å². The summed E-state index contributed by atoms with van der Waals surface area (Å²) in [6, 6.07) is 0.713. The predicted octanol–water partition coefficient (Wildman–Crippen LogP) is 4.72. The normalized spacial score (nSPS) is 15.9. The summed E-state index contributed by atoms with van der Waals surface area (Å²) in [5.41, 5.74) is 0. The number of rotatable bonds is 9. The Balaban J connectivity index is 4.11. The molecule has 104 valence electrons. The molecule has 0 fully saturated rings. The maximum atomic E-state index is 3.80. The van der Waals surface area contributed by atoms with Gasteiger partial charge in [-0.25, -0.2) is 0 Å². The minimum atomic E-state index is 0.713. The van der Waals surface area contributed by atoms with E-state index in [2.05, 4.69) is 53.8 Å². The van der Waals surface area contributed by atoms with Crippen molar-refractivity contribution in [3.05, 3.63) is 0 Å². The maximum absolute atomic E-state index is 3.80. The molecule has 0 aromatic heterocycles. The zero-order chi connectivity index (χ0) is 13.4. The monoisotopic (exact) mass is 241 g/mol. The first-order valence-corrected chi connectivity index (χ1v) is 7.65. The molecular weight excluding hydrogens is 206 g/mol. The second kappa shape index (κ2) is 8.97. The standard InChI is InChI=1S/C16H35N/c1-8-14(7)10-15(9-2)17-11-16(12(3)4)13(5)6/h12-17H,8-11H2,1-7H3. The molecule has 0 saturated heterocycles. The molecule has 0 aromatic rings. The van der Waals surface area contributed by atoms with Crippen LogP contribution in [-0.4, -0.2) is 12.6 Å². The van der Waals surface area contributed by atoms with Crippen molar-refractivity contribution in [2.24, 2.45) is 23.7 Å². The van der Waals surface area contributed by atoms with E-state index in [-0.39, 0.29) is 0 Å². The number of hydrogen-bond acceptors (Lipinski definition) is 1. The summed E-state index contributed by atoms with van der Waals surface area (Å²) in [5, 5.41) is 3.80. The summed E-state index contributed by atoms with van der Waals surface area (Å²) in [6.45, 7) is 17.5. The number of nitrogens with one attached hydrogen (secondary N) is 1. The van der Waals surface area contributed by atoms with Gasteiger partial charge in [0.2, 0.25) is 0 Å². The summed E-state index contributed by atoms with van der Waals surface area (Å²) in [7, 11) is 0. The van der Waals surface area contributed by atoms with Crippen molar-refractivity contribution >= 4 is 0 Å². The van der Waals surface area contributed by atoms with Gasteiger partial charge in [0.1, 0.15) is 0 Å². The van der Waals surface area contributed by atoms with Crippen molar-refractivity contribution in [2.75, 3.05) is 6.54 Å². The fraction of sp³-hybridized carbons (Fsp3) is 1.00. The van der Waals surface area contributed by atoms with E-state index in [0.29, 0.717) is 6.04 Å². The van der Waals surface area contributed by atoms with E-state index in [1.54, 1.807) is 0 Å². The van der Waals surface area contributed by atoms with E-state index in [9.17, 15) is 0 Å². The van der Waals surface area contributed by atoms with Crippen LogP contribution in [0.1, 0.15) is 67.7 Å². The Kier molecular flexibility index (Phi) is 8.94. The molecule has 0 aliphatic rings. The quantitative estimate of drug-likeness (QED) is 0.616. The summed E-state index contributed by atoms with van der Waals surface area (Å²) < 4.78 is 0. The van der Waals surface area contributed by atoms with Gasteiger partial charge >= 0.3 is 0 Å². The summed E-state index contributed by atoms with van der Waals surface area (Å²) in [5.74, 6) is 3.22. The fourth-order valence-corrected chi connectivity index (χ4v) is 2.59. The molecule has 2 unspecified atom stereocenters. The summed E-state index contributed by atoms with van der Waals surface area (Å²) in [4.78, 5) is 0. The van der Waals surface area contributed by atoms with E-state index < -0.39 is 0 Å². The first-order chi connectivity index (χ1) is 7.92. The highest BCUT2D eigenvalue weighted by molar-refractivity contribution is 4.74. The average molecular weight is 241 g/mol. The Morgan fingerprint density at radius 1 is 0.824 bits per heavy atom. The molecule has 1 nitrogen and oxygen atoms in total. The highest BCUT2D eigenvalue weighted by atomic mass is 14.9. The molecule has 0 radical (unpaired) electrons. The van der Waals surface area contributed by atoms with Crippen molar-refractivity contribution in [2.45, 2.75) is 73.8 Å². The smallest absolute Gasteiger partial charge is 0.00670 e. The van der Waals surface area contributed by atoms with Gasteiger partial charge in [0.15, 0.2) is 0 Å². The fourth-order valence-electron chi connectivity index (χ4n) is 2.59. The largest absolute Gasteiger partial charge is 0.314 e. The molecule has 0 aromatic carbocycles. The Hall–Kier alpha value is -0.0400. The topological polar surface area (TPSA) is 12.0 Å². The highest BCUT2D eigenvalue weighted by Crippen LogP contribution is 2.20. The van der Waals surface area contributed by atoms with Gasteiger partial charge in [0.05, 0.1) is 0 Å². The van der Waals surface area contributed by atoms with E-state index in [1.165, 1.54) is 25.8 Å². The molecule has 0 heterocycles. The predicted molar refractivity (Wildman–Crippen MR) is 79.3 cm³/mol. The lowest BCUT2D eigenvalue weighted by Crippen LogP contribution is -2.37. The van der Waals surface area contributed by atoms with Crippen LogP contribution in [0.3, 0.4) is 0 Å². The van der Waals surface area contributed by atoms with Gasteiger partial charge < -0.3 is 5.32 Å². The molecule has 0 spiro atoms. The minimum absolute atomic E-state index is 0.713. The SMILES string of the molecule is CCC(C)CC(CC)NCC(C(C)C)C(C)C. The maximum Gasteiger partial charge on any atom is 0.00670 e. The minimum Gasteiger partial charge on any atom is -0.314 e. The molecule has 1 N–H and O–H groups in total. The third kappa shape index (κ3) is 7.08. The first kappa shape index (κ1) is 17.0. The van der Waals surface area contributed by atoms with Crippen LogP contribution in [-0.2, 0) is 0 Å². The molecule has 0 amide bonds. The van der Waals surface area contributed by atoms with Gasteiger partial charge in [-0.2, -0.15) is 0 Å². The van der Waals surface area contributed by atoms with Crippen LogP contribution in [0.25, 0.3) is 0 Å². The second-order valence-electron chi connectivity index (χ2n) is 6.41. The van der Waals surface area contributed by atoms with Crippen molar-refractivity contribution in [1.82, 2.24) is 5.32 Å². The van der Waals surface area contributed by atoms with E-state index in [4.69, 9.17) is 0 Å². The summed E-state index contributed by atoms with van der Waals surface area (Å²) >= 11 is 0. The molecule has 0 bridgehead atoms. The van der Waals surface area contributed by atoms with Crippen LogP contribution in [0.15, 0.2) is 0 Å². The lowest BCUT2D eigenvalue weighted by atomic mass is 9.85. The third-order valence-electron chi connectivity index (χ3n) is 4.23.